The van der Waals surface area contributed by atoms with Gasteiger partial charge in [0.05, 0.1) is 0 Å². The van der Waals surface area contributed by atoms with Crippen LogP contribution in [0.25, 0.3) is 0 Å². The number of nitrogens with zero attached hydrogens (tertiary/aromatic N) is 2. The van der Waals surface area contributed by atoms with Crippen LogP contribution in [0.5, 0.6) is 0 Å². The quantitative estimate of drug-likeness (QED) is 0.884. The number of hydrogen-bond acceptors (Lipinski definition) is 5. The molecule has 0 atom stereocenters. The molecule has 0 radical (unpaired) electrons. The minimum absolute atomic E-state index is 0. The molecule has 19 heavy (non-hydrogen) atoms. The fourth-order valence-corrected chi connectivity index (χ4v) is 2.98. The number of anilines is 1. The fourth-order valence-electron chi connectivity index (χ4n) is 2.25. The Morgan fingerprint density at radius 1 is 1.58 bits per heavy atom. The van der Waals surface area contributed by atoms with Crippen molar-refractivity contribution in [3.8, 4) is 0 Å². The molecule has 0 aromatic carbocycles. The lowest BCUT2D eigenvalue weighted by Crippen LogP contribution is -2.37. The molecule has 1 aliphatic heterocycles. The van der Waals surface area contributed by atoms with E-state index >= 15 is 0 Å². The second-order valence-corrected chi connectivity index (χ2v) is 5.97. The zero-order chi connectivity index (χ0) is 13.0. The summed E-state index contributed by atoms with van der Waals surface area (Å²) in [4.78, 5) is 18.6. The first-order valence-electron chi connectivity index (χ1n) is 6.30. The summed E-state index contributed by atoms with van der Waals surface area (Å²) in [5, 5.41) is 3.55. The highest BCUT2D eigenvalue weighted by Gasteiger charge is 2.19. The molecule has 2 rings (SSSR count). The number of carbonyl (C=O) groups is 1. The first-order valence-corrected chi connectivity index (χ1v) is 7.12. The van der Waals surface area contributed by atoms with E-state index in [2.05, 4.69) is 15.2 Å². The van der Waals surface area contributed by atoms with E-state index in [9.17, 15) is 4.79 Å². The molecule has 0 spiro atoms. The number of rotatable bonds is 4. The van der Waals surface area contributed by atoms with Gasteiger partial charge in [-0.3, -0.25) is 9.69 Å². The van der Waals surface area contributed by atoms with Crippen molar-refractivity contribution >= 4 is 34.8 Å². The van der Waals surface area contributed by atoms with Gasteiger partial charge >= 0.3 is 0 Å². The third kappa shape index (κ3) is 5.34. The molecule has 5 nitrogen and oxygen atoms in total. The van der Waals surface area contributed by atoms with Crippen LogP contribution in [0.15, 0.2) is 6.20 Å². The Balaban J connectivity index is 0.00000180. The Labute approximate surface area is 124 Å². The Hall–Kier alpha value is -0.850. The Bertz CT molecular complexity index is 404. The third-order valence-electron chi connectivity index (χ3n) is 3.30. The third-order valence-corrected chi connectivity index (χ3v) is 4.11. The molecular formula is C12H21ClN4OS. The molecule has 3 N–H and O–H groups in total. The van der Waals surface area contributed by atoms with E-state index < -0.39 is 0 Å². The van der Waals surface area contributed by atoms with Crippen molar-refractivity contribution in [2.45, 2.75) is 26.3 Å². The first-order chi connectivity index (χ1) is 8.63. The van der Waals surface area contributed by atoms with Crippen molar-refractivity contribution < 1.29 is 4.79 Å². The fraction of sp³-hybridized carbons (Fsp3) is 0.667. The summed E-state index contributed by atoms with van der Waals surface area (Å²) in [6.07, 6.45) is 4.16. The van der Waals surface area contributed by atoms with E-state index in [0.29, 0.717) is 11.0 Å². The van der Waals surface area contributed by atoms with Crippen molar-refractivity contribution in [2.24, 2.45) is 5.92 Å². The summed E-state index contributed by atoms with van der Waals surface area (Å²) in [6, 6.07) is 0. The van der Waals surface area contributed by atoms with E-state index in [1.54, 1.807) is 18.3 Å². The van der Waals surface area contributed by atoms with Crippen LogP contribution in [0, 0.1) is 5.92 Å². The molecule has 0 aliphatic carbocycles. The summed E-state index contributed by atoms with van der Waals surface area (Å²) < 4.78 is 0. The number of halogens is 1. The largest absolute Gasteiger partial charge is 0.375 e. The van der Waals surface area contributed by atoms with Gasteiger partial charge in [-0.1, -0.05) is 0 Å². The number of nitrogens with one attached hydrogen (secondary N) is 1. The van der Waals surface area contributed by atoms with E-state index in [4.69, 9.17) is 5.73 Å². The number of thiazole rings is 1. The van der Waals surface area contributed by atoms with E-state index in [1.165, 1.54) is 4.88 Å². The summed E-state index contributed by atoms with van der Waals surface area (Å²) >= 11 is 1.56. The Morgan fingerprint density at radius 3 is 2.79 bits per heavy atom. The number of piperidine rings is 1. The smallest absolute Gasteiger partial charge is 0.216 e. The molecule has 1 saturated heterocycles. The summed E-state index contributed by atoms with van der Waals surface area (Å²) in [6.45, 7) is 5.51. The molecule has 1 amide bonds. The first kappa shape index (κ1) is 16.2. The Kier molecular flexibility index (Phi) is 6.54. The maximum atomic E-state index is 10.9. The van der Waals surface area contributed by atoms with Gasteiger partial charge in [0.25, 0.3) is 0 Å². The minimum Gasteiger partial charge on any atom is -0.375 e. The van der Waals surface area contributed by atoms with E-state index in [1.807, 2.05) is 6.20 Å². The standard InChI is InChI=1S/C12H20N4OS.ClH/c1-9(17)14-6-10-2-4-16(5-3-10)8-11-7-15-12(13)18-11;/h7,10H,2-6,8H2,1H3,(H2,13,15)(H,14,17);1H. The topological polar surface area (TPSA) is 71.2 Å². The zero-order valence-electron chi connectivity index (χ0n) is 11.1. The van der Waals surface area contributed by atoms with Crippen molar-refractivity contribution in [1.29, 1.82) is 0 Å². The van der Waals surface area contributed by atoms with Crippen LogP contribution >= 0.6 is 23.7 Å². The molecule has 108 valence electrons. The zero-order valence-corrected chi connectivity index (χ0v) is 12.7. The molecule has 0 bridgehead atoms. The molecule has 1 aromatic heterocycles. The van der Waals surface area contributed by atoms with Crippen molar-refractivity contribution in [1.82, 2.24) is 15.2 Å². The number of hydrogen-bond donors (Lipinski definition) is 2. The van der Waals surface area contributed by atoms with Gasteiger partial charge < -0.3 is 11.1 Å². The maximum absolute atomic E-state index is 10.9. The van der Waals surface area contributed by atoms with E-state index in [-0.39, 0.29) is 18.3 Å². The second-order valence-electron chi connectivity index (χ2n) is 4.82. The minimum atomic E-state index is 0. The van der Waals surface area contributed by atoms with Gasteiger partial charge in [0, 0.05) is 31.1 Å². The van der Waals surface area contributed by atoms with Crippen LogP contribution in [0.3, 0.4) is 0 Å². The van der Waals surface area contributed by atoms with Gasteiger partial charge in [0.2, 0.25) is 5.91 Å². The van der Waals surface area contributed by atoms with Crippen molar-refractivity contribution in [3.63, 3.8) is 0 Å². The van der Waals surface area contributed by atoms with Gasteiger partial charge in [-0.2, -0.15) is 0 Å². The van der Waals surface area contributed by atoms with E-state index in [0.717, 1.165) is 39.0 Å². The van der Waals surface area contributed by atoms with Gasteiger partial charge in [-0.25, -0.2) is 4.98 Å². The molecule has 1 aromatic rings. The SMILES string of the molecule is CC(=O)NCC1CCN(Cc2cnc(N)s2)CC1.Cl. The highest BCUT2D eigenvalue weighted by atomic mass is 35.5. The molecular weight excluding hydrogens is 284 g/mol. The van der Waals surface area contributed by atoms with Crippen LogP contribution in [0.4, 0.5) is 5.13 Å². The van der Waals surface area contributed by atoms with Crippen molar-refractivity contribution in [2.75, 3.05) is 25.4 Å². The molecule has 0 saturated carbocycles. The van der Waals surface area contributed by atoms with Crippen molar-refractivity contribution in [3.05, 3.63) is 11.1 Å². The van der Waals surface area contributed by atoms with Gasteiger partial charge in [-0.05, 0) is 31.8 Å². The van der Waals surface area contributed by atoms with Crippen LogP contribution in [-0.4, -0.2) is 35.4 Å². The highest BCUT2D eigenvalue weighted by molar-refractivity contribution is 7.15. The summed E-state index contributed by atoms with van der Waals surface area (Å²) in [5.74, 6) is 0.689. The van der Waals surface area contributed by atoms with Gasteiger partial charge in [0.15, 0.2) is 5.13 Å². The average molecular weight is 305 g/mol. The summed E-state index contributed by atoms with van der Waals surface area (Å²) in [5.41, 5.74) is 5.62. The van der Waals surface area contributed by atoms with Gasteiger partial charge in [-0.15, -0.1) is 23.7 Å². The Morgan fingerprint density at radius 2 is 2.26 bits per heavy atom. The predicted molar refractivity (Wildman–Crippen MR) is 80.5 cm³/mol. The average Bonchev–Trinajstić information content (AvgIpc) is 2.74. The number of carbonyl (C=O) groups excluding carboxylic acids is 1. The maximum Gasteiger partial charge on any atom is 0.216 e. The second kappa shape index (κ2) is 7.67. The van der Waals surface area contributed by atoms with Crippen LogP contribution in [-0.2, 0) is 11.3 Å². The molecule has 2 heterocycles. The molecule has 7 heteroatoms. The number of nitrogens with two attached hydrogens (primary N) is 1. The lowest BCUT2D eigenvalue weighted by atomic mass is 9.97. The lowest BCUT2D eigenvalue weighted by molar-refractivity contribution is -0.119. The summed E-state index contributed by atoms with van der Waals surface area (Å²) in [7, 11) is 0. The van der Waals surface area contributed by atoms with Crippen LogP contribution in [0.2, 0.25) is 0 Å². The number of likely N-dealkylation sites (tertiary alicyclic amines) is 1. The van der Waals surface area contributed by atoms with Gasteiger partial charge in [0.1, 0.15) is 0 Å². The number of nitrogen functional groups attached to an aromatic ring is 1. The van der Waals surface area contributed by atoms with Crippen LogP contribution in [0.1, 0.15) is 24.6 Å². The molecule has 0 unspecified atom stereocenters. The predicted octanol–water partition coefficient (Wildman–Crippen LogP) is 1.50. The normalized spacial score (nSPS) is 16.9. The highest BCUT2D eigenvalue weighted by Crippen LogP contribution is 2.21. The molecule has 1 aliphatic rings. The number of amides is 1. The molecule has 1 fully saturated rings. The monoisotopic (exact) mass is 304 g/mol. The lowest BCUT2D eigenvalue weighted by Gasteiger charge is -2.31. The number of aromatic nitrogens is 1. The van der Waals surface area contributed by atoms with Crippen LogP contribution < -0.4 is 11.1 Å².